The lowest BCUT2D eigenvalue weighted by molar-refractivity contribution is -0.143. The number of carbonyl (C=O) groups is 3. The van der Waals surface area contributed by atoms with Crippen molar-refractivity contribution in [2.24, 2.45) is 0 Å². The number of methoxy groups -OCH3 is 2. The second-order valence-electron chi connectivity index (χ2n) is 8.42. The number of carboxylic acids is 1. The topological polar surface area (TPSA) is 123 Å². The van der Waals surface area contributed by atoms with Crippen LogP contribution in [0.4, 0.5) is 4.79 Å². The van der Waals surface area contributed by atoms with Crippen molar-refractivity contribution >= 4 is 18.0 Å². The van der Waals surface area contributed by atoms with Crippen LogP contribution in [0.15, 0.2) is 48.5 Å². The summed E-state index contributed by atoms with van der Waals surface area (Å²) in [6.07, 6.45) is -0.863. The van der Waals surface area contributed by atoms with Crippen molar-refractivity contribution in [1.82, 2.24) is 10.6 Å². The van der Waals surface area contributed by atoms with Crippen LogP contribution in [0.2, 0.25) is 0 Å². The van der Waals surface area contributed by atoms with Crippen LogP contribution in [0.25, 0.3) is 11.1 Å². The Kier molecular flexibility index (Phi) is 9.22. The van der Waals surface area contributed by atoms with Gasteiger partial charge in [0, 0.05) is 26.7 Å². The van der Waals surface area contributed by atoms with E-state index < -0.39 is 36.2 Å². The zero-order valence-electron chi connectivity index (χ0n) is 20.2. The van der Waals surface area contributed by atoms with E-state index >= 15 is 0 Å². The fourth-order valence-corrected chi connectivity index (χ4v) is 4.25. The van der Waals surface area contributed by atoms with E-state index in [2.05, 4.69) is 10.6 Å². The molecule has 0 aliphatic heterocycles. The molecule has 0 fully saturated rings. The average molecular weight is 485 g/mol. The van der Waals surface area contributed by atoms with Crippen molar-refractivity contribution in [3.8, 4) is 11.1 Å². The maximum Gasteiger partial charge on any atom is 0.407 e. The molecule has 0 heterocycles. The van der Waals surface area contributed by atoms with Crippen LogP contribution in [0, 0.1) is 0 Å². The summed E-state index contributed by atoms with van der Waals surface area (Å²) in [5.74, 6) is -1.96. The van der Waals surface area contributed by atoms with Gasteiger partial charge in [0.25, 0.3) is 0 Å². The largest absolute Gasteiger partial charge is 0.480 e. The Bertz CT molecular complexity index is 996. The maximum atomic E-state index is 12.9. The van der Waals surface area contributed by atoms with Gasteiger partial charge in [0.05, 0.1) is 6.10 Å². The molecule has 0 saturated carbocycles. The predicted octanol–water partition coefficient (Wildman–Crippen LogP) is 2.92. The Labute approximate surface area is 204 Å². The molecular weight excluding hydrogens is 452 g/mol. The highest BCUT2D eigenvalue weighted by Crippen LogP contribution is 2.44. The number of hydrogen-bond donors (Lipinski definition) is 3. The monoisotopic (exact) mass is 484 g/mol. The molecule has 0 saturated heterocycles. The van der Waals surface area contributed by atoms with Crippen molar-refractivity contribution in [2.45, 2.75) is 43.9 Å². The van der Waals surface area contributed by atoms with Crippen LogP contribution in [-0.4, -0.2) is 68.7 Å². The van der Waals surface area contributed by atoms with Gasteiger partial charge >= 0.3 is 12.1 Å². The molecule has 1 unspecified atom stereocenters. The number of fused-ring (bicyclic) bond motifs is 3. The first-order chi connectivity index (χ1) is 16.9. The number of amides is 2. The Morgan fingerprint density at radius 3 is 2.11 bits per heavy atom. The fourth-order valence-electron chi connectivity index (χ4n) is 4.25. The summed E-state index contributed by atoms with van der Waals surface area (Å²) in [6, 6.07) is 13.7. The SMILES string of the molecule is COCCCC(NC(=O)[C@@H](NC(=O)OCC1c2ccccc2-c2ccccc21)[C@@H](C)OC)C(=O)O. The smallest absolute Gasteiger partial charge is 0.407 e. The van der Waals surface area contributed by atoms with E-state index in [1.165, 1.54) is 14.2 Å². The molecule has 0 radical (unpaired) electrons. The molecule has 3 N–H and O–H groups in total. The van der Waals surface area contributed by atoms with Gasteiger partial charge in [0.1, 0.15) is 18.7 Å². The number of aliphatic carboxylic acids is 1. The number of alkyl carbamates (subject to hydrolysis) is 1. The summed E-state index contributed by atoms with van der Waals surface area (Å²) in [7, 11) is 2.92. The number of benzene rings is 2. The predicted molar refractivity (Wildman–Crippen MR) is 129 cm³/mol. The van der Waals surface area contributed by atoms with E-state index in [0.29, 0.717) is 13.0 Å². The second kappa shape index (κ2) is 12.3. The first-order valence-electron chi connectivity index (χ1n) is 11.5. The Hall–Kier alpha value is -3.43. The maximum absolute atomic E-state index is 12.9. The molecule has 9 nitrogen and oxygen atoms in total. The molecule has 3 rings (SSSR count). The minimum atomic E-state index is -1.17. The number of carboxylic acid groups (broad SMARTS) is 1. The molecule has 2 aromatic carbocycles. The molecule has 35 heavy (non-hydrogen) atoms. The molecule has 0 bridgehead atoms. The Morgan fingerprint density at radius 2 is 1.57 bits per heavy atom. The summed E-state index contributed by atoms with van der Waals surface area (Å²) < 4.78 is 15.7. The van der Waals surface area contributed by atoms with Crippen molar-refractivity contribution < 1.29 is 33.7 Å². The lowest BCUT2D eigenvalue weighted by Crippen LogP contribution is -2.56. The molecule has 9 heteroatoms. The summed E-state index contributed by atoms with van der Waals surface area (Å²) >= 11 is 0. The van der Waals surface area contributed by atoms with Crippen LogP contribution in [0.1, 0.15) is 36.8 Å². The third-order valence-corrected chi connectivity index (χ3v) is 6.20. The van der Waals surface area contributed by atoms with Gasteiger partial charge in [-0.3, -0.25) is 4.79 Å². The summed E-state index contributed by atoms with van der Waals surface area (Å²) in [4.78, 5) is 37.1. The van der Waals surface area contributed by atoms with E-state index in [-0.39, 0.29) is 18.9 Å². The molecule has 188 valence electrons. The summed E-state index contributed by atoms with van der Waals surface area (Å²) in [5.41, 5.74) is 4.36. The quantitative estimate of drug-likeness (QED) is 0.396. The second-order valence-corrected chi connectivity index (χ2v) is 8.42. The fraction of sp³-hybridized carbons (Fsp3) is 0.423. The van der Waals surface area contributed by atoms with Gasteiger partial charge in [-0.15, -0.1) is 0 Å². The van der Waals surface area contributed by atoms with Gasteiger partial charge in [0.15, 0.2) is 0 Å². The minimum Gasteiger partial charge on any atom is -0.480 e. The van der Waals surface area contributed by atoms with Crippen LogP contribution in [0.5, 0.6) is 0 Å². The Morgan fingerprint density at radius 1 is 0.971 bits per heavy atom. The lowest BCUT2D eigenvalue weighted by atomic mass is 9.98. The third-order valence-electron chi connectivity index (χ3n) is 6.20. The normalized spacial score (nSPS) is 14.8. The third kappa shape index (κ3) is 6.37. The zero-order valence-corrected chi connectivity index (χ0v) is 20.2. The van der Waals surface area contributed by atoms with E-state index in [1.54, 1.807) is 6.92 Å². The molecule has 0 aromatic heterocycles. The van der Waals surface area contributed by atoms with Crippen LogP contribution >= 0.6 is 0 Å². The number of rotatable bonds is 12. The van der Waals surface area contributed by atoms with Crippen molar-refractivity contribution in [1.29, 1.82) is 0 Å². The van der Waals surface area contributed by atoms with Crippen LogP contribution in [-0.2, 0) is 23.8 Å². The van der Waals surface area contributed by atoms with E-state index in [4.69, 9.17) is 14.2 Å². The minimum absolute atomic E-state index is 0.0876. The first kappa shape index (κ1) is 26.2. The van der Waals surface area contributed by atoms with Gasteiger partial charge < -0.3 is 30.0 Å². The zero-order chi connectivity index (χ0) is 25.4. The molecular formula is C26H32N2O7. The highest BCUT2D eigenvalue weighted by molar-refractivity contribution is 5.89. The van der Waals surface area contributed by atoms with Gasteiger partial charge in [-0.2, -0.15) is 0 Å². The van der Waals surface area contributed by atoms with E-state index in [1.807, 2.05) is 48.5 Å². The van der Waals surface area contributed by atoms with Crippen molar-refractivity contribution in [2.75, 3.05) is 27.4 Å². The van der Waals surface area contributed by atoms with Gasteiger partial charge in [0.2, 0.25) is 5.91 Å². The van der Waals surface area contributed by atoms with Crippen molar-refractivity contribution in [3.05, 3.63) is 59.7 Å². The van der Waals surface area contributed by atoms with Gasteiger partial charge in [-0.1, -0.05) is 48.5 Å². The highest BCUT2D eigenvalue weighted by Gasteiger charge is 2.32. The average Bonchev–Trinajstić information content (AvgIpc) is 3.18. The molecule has 0 spiro atoms. The van der Waals surface area contributed by atoms with E-state index in [0.717, 1.165) is 22.3 Å². The summed E-state index contributed by atoms with van der Waals surface area (Å²) in [5, 5.41) is 14.5. The van der Waals surface area contributed by atoms with Gasteiger partial charge in [-0.25, -0.2) is 9.59 Å². The lowest BCUT2D eigenvalue weighted by Gasteiger charge is -2.25. The number of ether oxygens (including phenoxy) is 3. The molecule has 3 atom stereocenters. The standard InChI is InChI=1S/C26H32N2O7/c1-16(34-3)23(24(29)27-22(25(30)31)13-8-14-33-2)28-26(32)35-15-21-19-11-6-4-9-17(19)18-10-5-7-12-20(18)21/h4-7,9-12,16,21-23H,8,13-15H2,1-3H3,(H,27,29)(H,28,32)(H,30,31)/t16-,22?,23+/m1/s1. The number of hydrogen-bond acceptors (Lipinski definition) is 6. The van der Waals surface area contributed by atoms with Gasteiger partial charge in [-0.05, 0) is 42.0 Å². The highest BCUT2D eigenvalue weighted by atomic mass is 16.5. The van der Waals surface area contributed by atoms with Crippen LogP contribution < -0.4 is 10.6 Å². The molecule has 2 aromatic rings. The Balaban J connectivity index is 1.65. The first-order valence-corrected chi connectivity index (χ1v) is 11.5. The van der Waals surface area contributed by atoms with Crippen molar-refractivity contribution in [3.63, 3.8) is 0 Å². The van der Waals surface area contributed by atoms with Crippen LogP contribution in [0.3, 0.4) is 0 Å². The summed E-state index contributed by atoms with van der Waals surface area (Å²) in [6.45, 7) is 2.06. The number of carbonyl (C=O) groups excluding carboxylic acids is 2. The molecule has 1 aliphatic carbocycles. The molecule has 2 amide bonds. The van der Waals surface area contributed by atoms with E-state index in [9.17, 15) is 19.5 Å². The number of nitrogens with one attached hydrogen (secondary N) is 2. The molecule has 1 aliphatic rings.